The highest BCUT2D eigenvalue weighted by Gasteiger charge is 2.16. The Morgan fingerprint density at radius 3 is 2.54 bits per heavy atom. The number of aromatic nitrogens is 1. The molecule has 1 heterocycles. The summed E-state index contributed by atoms with van der Waals surface area (Å²) in [6.07, 6.45) is 0.498. The fraction of sp³-hybridized carbons (Fsp3) is 0.125. The van der Waals surface area contributed by atoms with E-state index in [1.54, 1.807) is 24.3 Å². The minimum absolute atomic E-state index is 0.126. The molecule has 1 aromatic carbocycles. The summed E-state index contributed by atoms with van der Waals surface area (Å²) in [5, 5.41) is 8.71. The van der Waals surface area contributed by atoms with Crippen LogP contribution in [0.2, 0.25) is 0 Å². The number of hydrogen-bond donors (Lipinski definition) is 3. The molecule has 3 N–H and O–H groups in total. The second-order valence-electron chi connectivity index (χ2n) is 4.75. The van der Waals surface area contributed by atoms with Gasteiger partial charge in [0.1, 0.15) is 11.3 Å². The summed E-state index contributed by atoms with van der Waals surface area (Å²) >= 11 is 0. The van der Waals surface area contributed by atoms with E-state index in [1.165, 1.54) is 25.3 Å². The zero-order valence-electron chi connectivity index (χ0n) is 12.7. The summed E-state index contributed by atoms with van der Waals surface area (Å²) in [6.45, 7) is 1.50. The largest absolute Gasteiger partial charge is 0.481 e. The van der Waals surface area contributed by atoms with Crippen LogP contribution in [0.3, 0.4) is 0 Å². The first-order valence-corrected chi connectivity index (χ1v) is 6.96. The van der Waals surface area contributed by atoms with Gasteiger partial charge < -0.3 is 9.72 Å². The predicted molar refractivity (Wildman–Crippen MR) is 83.9 cm³/mol. The van der Waals surface area contributed by atoms with Crippen LogP contribution in [0.5, 0.6) is 5.75 Å². The maximum atomic E-state index is 11.9. The molecule has 122 valence electrons. The molecule has 0 aliphatic heterocycles. The van der Waals surface area contributed by atoms with E-state index < -0.39 is 23.5 Å². The first kappa shape index (κ1) is 16.8. The summed E-state index contributed by atoms with van der Waals surface area (Å²) in [5.74, 6) is -0.932. The average Bonchev–Trinajstić information content (AvgIpc) is 2.60. The van der Waals surface area contributed by atoms with Crippen molar-refractivity contribution >= 4 is 11.8 Å². The molecule has 24 heavy (non-hydrogen) atoms. The molecule has 0 fully saturated rings. The lowest BCUT2D eigenvalue weighted by Gasteiger charge is -2.15. The van der Waals surface area contributed by atoms with Crippen molar-refractivity contribution in [1.29, 1.82) is 5.26 Å². The molecule has 0 aliphatic carbocycles. The van der Waals surface area contributed by atoms with E-state index in [2.05, 4.69) is 15.8 Å². The topological polar surface area (TPSA) is 124 Å². The fourth-order valence-electron chi connectivity index (χ4n) is 1.75. The lowest BCUT2D eigenvalue weighted by atomic mass is 10.2. The molecule has 2 aromatic rings. The van der Waals surface area contributed by atoms with Gasteiger partial charge in [-0.15, -0.1) is 0 Å². The minimum atomic E-state index is -0.896. The van der Waals surface area contributed by atoms with E-state index >= 15 is 0 Å². The van der Waals surface area contributed by atoms with Crippen LogP contribution in [0.4, 0.5) is 0 Å². The van der Waals surface area contributed by atoms with Crippen LogP contribution in [-0.4, -0.2) is 22.9 Å². The first-order valence-electron chi connectivity index (χ1n) is 6.96. The Morgan fingerprint density at radius 1 is 1.21 bits per heavy atom. The number of rotatable bonds is 4. The van der Waals surface area contributed by atoms with Gasteiger partial charge in [0.2, 0.25) is 0 Å². The molecule has 0 saturated carbocycles. The van der Waals surface area contributed by atoms with Crippen molar-refractivity contribution in [3.8, 4) is 11.8 Å². The van der Waals surface area contributed by atoms with Crippen LogP contribution in [0, 0.1) is 11.3 Å². The molecular weight excluding hydrogens is 312 g/mol. The van der Waals surface area contributed by atoms with Crippen molar-refractivity contribution in [2.24, 2.45) is 0 Å². The van der Waals surface area contributed by atoms with Gasteiger partial charge in [-0.1, -0.05) is 0 Å². The van der Waals surface area contributed by atoms with Crippen LogP contribution >= 0.6 is 0 Å². The van der Waals surface area contributed by atoms with Gasteiger partial charge in [0.05, 0.1) is 11.6 Å². The SMILES string of the molecule is C[C@@H](Oc1ccc(C#N)cc1)C(=O)NNC(=O)c1ccc[nH]c1=O. The summed E-state index contributed by atoms with van der Waals surface area (Å²) in [5.41, 5.74) is 4.11. The van der Waals surface area contributed by atoms with Crippen molar-refractivity contribution in [1.82, 2.24) is 15.8 Å². The monoisotopic (exact) mass is 326 g/mol. The molecule has 0 unspecified atom stereocenters. The van der Waals surface area contributed by atoms with Gasteiger partial charge >= 0.3 is 0 Å². The fourth-order valence-corrected chi connectivity index (χ4v) is 1.75. The lowest BCUT2D eigenvalue weighted by molar-refractivity contribution is -0.128. The summed E-state index contributed by atoms with van der Waals surface area (Å²) < 4.78 is 5.40. The van der Waals surface area contributed by atoms with Gasteiger partial charge in [-0.2, -0.15) is 5.26 Å². The third-order valence-corrected chi connectivity index (χ3v) is 3.03. The number of amides is 2. The van der Waals surface area contributed by atoms with E-state index in [9.17, 15) is 14.4 Å². The molecule has 1 aromatic heterocycles. The summed E-state index contributed by atoms with van der Waals surface area (Å²) in [4.78, 5) is 37.5. The second-order valence-corrected chi connectivity index (χ2v) is 4.75. The Bertz CT molecular complexity index is 836. The third-order valence-electron chi connectivity index (χ3n) is 3.03. The Kier molecular flexibility index (Phi) is 5.31. The molecule has 2 rings (SSSR count). The number of hydrogen-bond acceptors (Lipinski definition) is 5. The number of benzene rings is 1. The Morgan fingerprint density at radius 2 is 1.92 bits per heavy atom. The highest BCUT2D eigenvalue weighted by atomic mass is 16.5. The van der Waals surface area contributed by atoms with E-state index in [0.717, 1.165) is 0 Å². The van der Waals surface area contributed by atoms with Crippen LogP contribution in [-0.2, 0) is 4.79 Å². The van der Waals surface area contributed by atoms with Crippen molar-refractivity contribution < 1.29 is 14.3 Å². The third kappa shape index (κ3) is 4.20. The maximum absolute atomic E-state index is 11.9. The van der Waals surface area contributed by atoms with Gasteiger partial charge in [0, 0.05) is 6.20 Å². The standard InChI is InChI=1S/C16H14N4O4/c1-10(24-12-6-4-11(9-17)5-7-12)14(21)19-20-16(23)13-3-2-8-18-15(13)22/h2-8,10H,1H3,(H,18,22)(H,19,21)(H,20,23)/t10-/m1/s1. The number of H-pyrrole nitrogens is 1. The van der Waals surface area contributed by atoms with E-state index in [-0.39, 0.29) is 5.56 Å². The molecule has 8 nitrogen and oxygen atoms in total. The van der Waals surface area contributed by atoms with Crippen molar-refractivity contribution in [2.75, 3.05) is 0 Å². The lowest BCUT2D eigenvalue weighted by Crippen LogP contribution is -2.48. The molecular formula is C16H14N4O4. The number of nitrogens with zero attached hydrogens (tertiary/aromatic N) is 1. The molecule has 0 spiro atoms. The van der Waals surface area contributed by atoms with Gasteiger partial charge in [0.15, 0.2) is 6.10 Å². The number of ether oxygens (including phenoxy) is 1. The molecule has 0 aliphatic rings. The van der Waals surface area contributed by atoms with Crippen LogP contribution < -0.4 is 21.1 Å². The number of pyridine rings is 1. The van der Waals surface area contributed by atoms with Crippen LogP contribution in [0.1, 0.15) is 22.8 Å². The molecule has 0 radical (unpaired) electrons. The van der Waals surface area contributed by atoms with Gasteiger partial charge in [-0.05, 0) is 43.3 Å². The van der Waals surface area contributed by atoms with Crippen molar-refractivity contribution in [2.45, 2.75) is 13.0 Å². The van der Waals surface area contributed by atoms with Crippen LogP contribution in [0.25, 0.3) is 0 Å². The average molecular weight is 326 g/mol. The number of nitriles is 1. The second kappa shape index (κ2) is 7.60. The zero-order valence-corrected chi connectivity index (χ0v) is 12.7. The Hall–Kier alpha value is -3.60. The van der Waals surface area contributed by atoms with Gasteiger partial charge in [-0.25, -0.2) is 0 Å². The summed E-state index contributed by atoms with van der Waals surface area (Å²) in [7, 11) is 0. The predicted octanol–water partition coefficient (Wildman–Crippen LogP) is 0.475. The molecule has 8 heteroatoms. The van der Waals surface area contributed by atoms with E-state index in [1.807, 2.05) is 6.07 Å². The highest BCUT2D eigenvalue weighted by molar-refractivity contribution is 5.95. The first-order chi connectivity index (χ1) is 11.5. The quantitative estimate of drug-likeness (QED) is 0.705. The van der Waals surface area contributed by atoms with E-state index in [4.69, 9.17) is 10.00 Å². The Labute approximate surface area is 137 Å². The molecule has 0 bridgehead atoms. The number of carbonyl (C=O) groups excluding carboxylic acids is 2. The molecule has 1 atom stereocenters. The van der Waals surface area contributed by atoms with Crippen molar-refractivity contribution in [3.63, 3.8) is 0 Å². The Balaban J connectivity index is 1.89. The maximum Gasteiger partial charge on any atom is 0.279 e. The zero-order chi connectivity index (χ0) is 17.5. The van der Waals surface area contributed by atoms with Crippen LogP contribution in [0.15, 0.2) is 47.4 Å². The number of nitrogens with one attached hydrogen (secondary N) is 3. The molecule has 2 amide bonds. The number of carbonyl (C=O) groups is 2. The number of hydrazine groups is 1. The van der Waals surface area contributed by atoms with E-state index in [0.29, 0.717) is 11.3 Å². The van der Waals surface area contributed by atoms with Gasteiger partial charge in [-0.3, -0.25) is 25.2 Å². The number of aromatic amines is 1. The smallest absolute Gasteiger partial charge is 0.279 e. The highest BCUT2D eigenvalue weighted by Crippen LogP contribution is 2.13. The summed E-state index contributed by atoms with van der Waals surface area (Å²) in [6, 6.07) is 11.0. The molecule has 0 saturated heterocycles. The van der Waals surface area contributed by atoms with Crippen molar-refractivity contribution in [3.05, 3.63) is 64.1 Å². The van der Waals surface area contributed by atoms with Gasteiger partial charge in [0.25, 0.3) is 17.4 Å². The normalized spacial score (nSPS) is 11.0. The minimum Gasteiger partial charge on any atom is -0.481 e.